The third-order valence-electron chi connectivity index (χ3n) is 2.80. The lowest BCUT2D eigenvalue weighted by Crippen LogP contribution is -1.91. The monoisotopic (exact) mass is 266 g/mol. The second kappa shape index (κ2) is 15.7. The average Bonchev–Trinajstić information content (AvgIpc) is 2.31. The summed E-state index contributed by atoms with van der Waals surface area (Å²) in [5, 5.41) is 0. The van der Waals surface area contributed by atoms with Crippen molar-refractivity contribution >= 4 is 19.2 Å². The molecule has 0 aliphatic rings. The molecule has 0 aliphatic carbocycles. The van der Waals surface area contributed by atoms with Crippen LogP contribution in [-0.4, -0.2) is 13.0 Å². The molecule has 0 aromatic heterocycles. The Hall–Kier alpha value is 0.680. The van der Waals surface area contributed by atoms with Crippen LogP contribution in [-0.2, 0) is 4.74 Å². The van der Waals surface area contributed by atoms with Crippen LogP contribution in [0.1, 0.15) is 71.1 Å². The highest BCUT2D eigenvalue weighted by molar-refractivity contribution is 7.68. The van der Waals surface area contributed by atoms with Gasteiger partial charge >= 0.3 is 0 Å². The van der Waals surface area contributed by atoms with Crippen LogP contribution in [0, 0.1) is 0 Å². The van der Waals surface area contributed by atoms with E-state index < -0.39 is 0 Å². The normalized spacial score (nSPS) is 11.6. The van der Waals surface area contributed by atoms with Gasteiger partial charge in [-0.05, 0) is 6.42 Å². The minimum atomic E-state index is 0.419. The molecule has 0 heterocycles. The van der Waals surface area contributed by atoms with Gasteiger partial charge in [0.2, 0.25) is 0 Å². The van der Waals surface area contributed by atoms with Crippen LogP contribution >= 0.6 is 19.2 Å². The van der Waals surface area contributed by atoms with Gasteiger partial charge in [-0.25, -0.2) is 0 Å². The van der Waals surface area contributed by atoms with Gasteiger partial charge in [0.05, 0.1) is 6.35 Å². The van der Waals surface area contributed by atoms with Gasteiger partial charge in [-0.2, -0.15) is 0 Å². The summed E-state index contributed by atoms with van der Waals surface area (Å²) in [5.41, 5.74) is 0. The summed E-state index contributed by atoms with van der Waals surface area (Å²) < 4.78 is 5.34. The summed E-state index contributed by atoms with van der Waals surface area (Å²) in [6.07, 6.45) is 14.5. The summed E-state index contributed by atoms with van der Waals surface area (Å²) in [5.74, 6) is 0. The molecule has 1 unspecified atom stereocenters. The van der Waals surface area contributed by atoms with E-state index in [0.717, 1.165) is 13.0 Å². The molecule has 0 amide bonds. The Morgan fingerprint density at radius 2 is 1.31 bits per heavy atom. The number of ether oxygens (including phenoxy) is 1. The first-order chi connectivity index (χ1) is 7.91. The van der Waals surface area contributed by atoms with Crippen LogP contribution in [0.3, 0.4) is 0 Å². The molecule has 16 heavy (non-hydrogen) atoms. The summed E-state index contributed by atoms with van der Waals surface area (Å²) in [6.45, 7) is 3.17. The molecule has 0 aromatic carbocycles. The van der Waals surface area contributed by atoms with Gasteiger partial charge < -0.3 is 4.74 Å². The molecule has 98 valence electrons. The van der Waals surface area contributed by atoms with Crippen LogP contribution in [0.15, 0.2) is 0 Å². The van der Waals surface area contributed by atoms with Crippen LogP contribution in [0.25, 0.3) is 0 Å². The Balaban J connectivity index is 2.83. The molecule has 0 saturated carbocycles. The maximum atomic E-state index is 5.54. The minimum absolute atomic E-state index is 0.419. The predicted octanol–water partition coefficient (Wildman–Crippen LogP) is 5.71. The van der Waals surface area contributed by atoms with E-state index in [0.29, 0.717) is 7.93 Å². The van der Waals surface area contributed by atoms with Gasteiger partial charge in [-0.3, -0.25) is 0 Å². The molecule has 1 nitrogen and oxygen atoms in total. The molecule has 0 N–H and O–H groups in total. The van der Waals surface area contributed by atoms with Crippen molar-refractivity contribution in [3.8, 4) is 0 Å². The van der Waals surface area contributed by atoms with E-state index >= 15 is 0 Å². The van der Waals surface area contributed by atoms with Crippen molar-refractivity contribution in [3.05, 3.63) is 0 Å². The van der Waals surface area contributed by atoms with Gasteiger partial charge in [0, 0.05) is 14.5 Å². The number of hydrogen-bond donors (Lipinski definition) is 0. The van der Waals surface area contributed by atoms with Gasteiger partial charge in [-0.1, -0.05) is 76.0 Å². The highest BCUT2D eigenvalue weighted by Crippen LogP contribution is 2.15. The Labute approximate surface area is 108 Å². The van der Waals surface area contributed by atoms with E-state index in [1.807, 2.05) is 0 Å². The molecule has 0 radical (unpaired) electrons. The van der Waals surface area contributed by atoms with Crippen molar-refractivity contribution in [2.75, 3.05) is 13.0 Å². The lowest BCUT2D eigenvalue weighted by Gasteiger charge is -2.03. The summed E-state index contributed by atoms with van der Waals surface area (Å²) in [6, 6.07) is 0. The second-order valence-corrected chi connectivity index (χ2v) is 5.73. The molecule has 0 aliphatic heterocycles. The molecule has 0 aromatic rings. The molecule has 0 spiro atoms. The van der Waals surface area contributed by atoms with E-state index in [4.69, 9.17) is 16.0 Å². The Morgan fingerprint density at radius 3 is 1.81 bits per heavy atom. The zero-order valence-corrected chi connectivity index (χ0v) is 12.5. The van der Waals surface area contributed by atoms with Crippen LogP contribution < -0.4 is 0 Å². The molecular weight excluding hydrogens is 239 g/mol. The second-order valence-electron chi connectivity index (χ2n) is 4.37. The van der Waals surface area contributed by atoms with Gasteiger partial charge in [-0.15, -0.1) is 0 Å². The van der Waals surface area contributed by atoms with Crippen molar-refractivity contribution in [2.45, 2.75) is 71.1 Å². The molecule has 0 saturated heterocycles. The molecule has 0 fully saturated rings. The number of rotatable bonds is 13. The highest BCUT2D eigenvalue weighted by Gasteiger charge is 1.92. The fourth-order valence-electron chi connectivity index (χ4n) is 1.80. The van der Waals surface area contributed by atoms with Crippen LogP contribution in [0.5, 0.6) is 0 Å². The fourth-order valence-corrected chi connectivity index (χ4v) is 2.26. The average molecular weight is 267 g/mol. The maximum absolute atomic E-state index is 5.54. The lowest BCUT2D eigenvalue weighted by atomic mass is 10.1. The Kier molecular flexibility index (Phi) is 16.3. The van der Waals surface area contributed by atoms with Crippen LogP contribution in [0.4, 0.5) is 0 Å². The van der Waals surface area contributed by atoms with E-state index in [-0.39, 0.29) is 0 Å². The molecular formula is C13H28ClOP. The van der Waals surface area contributed by atoms with E-state index in [1.165, 1.54) is 64.2 Å². The first-order valence-corrected chi connectivity index (χ1v) is 9.05. The minimum Gasteiger partial charge on any atom is -0.376 e. The van der Waals surface area contributed by atoms with Gasteiger partial charge in [0.15, 0.2) is 0 Å². The largest absolute Gasteiger partial charge is 0.376 e. The van der Waals surface area contributed by atoms with E-state index in [9.17, 15) is 0 Å². The smallest absolute Gasteiger partial charge is 0.0774 e. The van der Waals surface area contributed by atoms with Crippen molar-refractivity contribution in [1.82, 2.24) is 0 Å². The fraction of sp³-hybridized carbons (Fsp3) is 1.00. The first kappa shape index (κ1) is 16.7. The Bertz CT molecular complexity index is 109. The van der Waals surface area contributed by atoms with E-state index in [1.54, 1.807) is 0 Å². The van der Waals surface area contributed by atoms with Gasteiger partial charge in [0.1, 0.15) is 0 Å². The summed E-state index contributed by atoms with van der Waals surface area (Å²) in [4.78, 5) is 0. The molecule has 0 rings (SSSR count). The first-order valence-electron chi connectivity index (χ1n) is 6.83. The lowest BCUT2D eigenvalue weighted by molar-refractivity contribution is 0.176. The summed E-state index contributed by atoms with van der Waals surface area (Å²) >= 11 is 5.54. The topological polar surface area (TPSA) is 9.23 Å². The SMILES string of the molecule is CCCCCCCCCCCCOCPCl. The molecule has 3 heteroatoms. The van der Waals surface area contributed by atoms with Crippen molar-refractivity contribution < 1.29 is 4.74 Å². The third-order valence-corrected chi connectivity index (χ3v) is 3.44. The maximum Gasteiger partial charge on any atom is 0.0774 e. The van der Waals surface area contributed by atoms with Gasteiger partial charge in [0.25, 0.3) is 0 Å². The van der Waals surface area contributed by atoms with E-state index in [2.05, 4.69) is 6.92 Å². The number of unbranched alkanes of at least 4 members (excludes halogenated alkanes) is 9. The Morgan fingerprint density at radius 1 is 0.812 bits per heavy atom. The van der Waals surface area contributed by atoms with Crippen molar-refractivity contribution in [3.63, 3.8) is 0 Å². The quantitative estimate of drug-likeness (QED) is 0.306. The third kappa shape index (κ3) is 14.7. The predicted molar refractivity (Wildman–Crippen MR) is 76.8 cm³/mol. The zero-order valence-electron chi connectivity index (χ0n) is 10.8. The highest BCUT2D eigenvalue weighted by atomic mass is 35.7. The number of hydrogen-bond acceptors (Lipinski definition) is 1. The summed E-state index contributed by atoms with van der Waals surface area (Å²) in [7, 11) is 0.419. The molecule has 1 atom stereocenters. The zero-order chi connectivity index (χ0) is 11.9. The number of halogens is 1. The van der Waals surface area contributed by atoms with Crippen molar-refractivity contribution in [1.29, 1.82) is 0 Å². The standard InChI is InChI=1S/C13H28ClOP/c1-2-3-4-5-6-7-8-9-10-11-12-15-13-16-14/h16H,2-13H2,1H3. The van der Waals surface area contributed by atoms with Crippen LogP contribution in [0.2, 0.25) is 0 Å². The molecule has 0 bridgehead atoms. The van der Waals surface area contributed by atoms with Crippen molar-refractivity contribution in [2.24, 2.45) is 0 Å².